The molecule has 3 fully saturated rings. The van der Waals surface area contributed by atoms with E-state index in [0.717, 1.165) is 32.4 Å². The second kappa shape index (κ2) is 4.66. The summed E-state index contributed by atoms with van der Waals surface area (Å²) in [5.41, 5.74) is 0.416. The molecule has 0 amide bonds. The third-order valence-corrected chi connectivity index (χ3v) is 7.10. The minimum absolute atomic E-state index is 0.160. The van der Waals surface area contributed by atoms with Crippen molar-refractivity contribution in [2.45, 2.75) is 46.1 Å². The zero-order valence-corrected chi connectivity index (χ0v) is 13.7. The molecular weight excluding hydrogens is 274 g/mol. The van der Waals surface area contributed by atoms with Crippen LogP contribution in [0.1, 0.15) is 40.0 Å². The lowest BCUT2D eigenvalue weighted by Gasteiger charge is -2.40. The molecule has 1 saturated carbocycles. The zero-order valence-electron chi connectivity index (χ0n) is 12.9. The Labute approximate surface area is 122 Å². The molecule has 3 rings (SSSR count). The van der Waals surface area contributed by atoms with Crippen LogP contribution in [0, 0.1) is 10.8 Å². The average Bonchev–Trinajstić information content (AvgIpc) is 2.60. The van der Waals surface area contributed by atoms with Crippen molar-refractivity contribution in [3.63, 3.8) is 0 Å². The quantitative estimate of drug-likeness (QED) is 0.829. The van der Waals surface area contributed by atoms with E-state index in [1.54, 1.807) is 4.31 Å². The van der Waals surface area contributed by atoms with Crippen LogP contribution in [0.4, 0.5) is 0 Å². The van der Waals surface area contributed by atoms with Crippen LogP contribution in [-0.4, -0.2) is 55.8 Å². The van der Waals surface area contributed by atoms with E-state index in [2.05, 4.69) is 26.1 Å². The van der Waals surface area contributed by atoms with Gasteiger partial charge in [0.15, 0.2) is 0 Å². The van der Waals surface area contributed by atoms with Crippen LogP contribution in [0.25, 0.3) is 0 Å². The first-order valence-corrected chi connectivity index (χ1v) is 9.09. The Morgan fingerprint density at radius 2 is 1.75 bits per heavy atom. The van der Waals surface area contributed by atoms with E-state index in [1.807, 2.05) is 4.31 Å². The lowest BCUT2D eigenvalue weighted by atomic mass is 9.65. The molecule has 0 aromatic rings. The highest BCUT2D eigenvalue weighted by Gasteiger charge is 2.53. The normalized spacial score (nSPS) is 39.0. The number of hydrogen-bond donors (Lipinski definition) is 1. The maximum Gasteiger partial charge on any atom is 0.282 e. The standard InChI is InChI=1S/C14H27N3O2S/c1-13(2)8-12-9-14(3,10-13)11-17(12)20(18,19)16-6-4-15-5-7-16/h12,15H,4-11H2,1-3H3. The maximum absolute atomic E-state index is 12.9. The Morgan fingerprint density at radius 3 is 2.40 bits per heavy atom. The first-order chi connectivity index (χ1) is 9.22. The number of piperazine rings is 1. The minimum Gasteiger partial charge on any atom is -0.314 e. The van der Waals surface area contributed by atoms with Gasteiger partial charge in [-0.1, -0.05) is 20.8 Å². The third kappa shape index (κ3) is 2.51. The summed E-state index contributed by atoms with van der Waals surface area (Å²) in [6.07, 6.45) is 3.15. The van der Waals surface area contributed by atoms with Crippen molar-refractivity contribution in [2.75, 3.05) is 32.7 Å². The van der Waals surface area contributed by atoms with Crippen LogP contribution in [0.2, 0.25) is 0 Å². The zero-order chi connectivity index (χ0) is 14.6. The molecule has 5 nitrogen and oxygen atoms in total. The second-order valence-corrected chi connectivity index (χ2v) is 9.80. The summed E-state index contributed by atoms with van der Waals surface area (Å²) in [7, 11) is -3.28. The molecule has 2 aliphatic heterocycles. The van der Waals surface area contributed by atoms with E-state index in [-0.39, 0.29) is 16.9 Å². The summed E-state index contributed by atoms with van der Waals surface area (Å²) in [5.74, 6) is 0. The predicted molar refractivity (Wildman–Crippen MR) is 79.6 cm³/mol. The Kier molecular flexibility index (Phi) is 3.44. The minimum atomic E-state index is -3.28. The van der Waals surface area contributed by atoms with Gasteiger partial charge in [0.25, 0.3) is 10.2 Å². The van der Waals surface area contributed by atoms with Crippen molar-refractivity contribution in [2.24, 2.45) is 10.8 Å². The number of nitrogens with zero attached hydrogens (tertiary/aromatic N) is 2. The van der Waals surface area contributed by atoms with Crippen LogP contribution in [-0.2, 0) is 10.2 Å². The molecule has 1 aliphatic carbocycles. The van der Waals surface area contributed by atoms with E-state index in [1.165, 1.54) is 0 Å². The lowest BCUT2D eigenvalue weighted by molar-refractivity contribution is 0.132. The molecular formula is C14H27N3O2S. The molecule has 0 aromatic heterocycles. The molecule has 116 valence electrons. The fourth-order valence-corrected chi connectivity index (χ4v) is 6.64. The number of rotatable bonds is 2. The Balaban J connectivity index is 1.84. The molecule has 2 heterocycles. The molecule has 20 heavy (non-hydrogen) atoms. The number of fused-ring (bicyclic) bond motifs is 2. The molecule has 0 aromatic carbocycles. The molecule has 0 radical (unpaired) electrons. The van der Waals surface area contributed by atoms with Crippen molar-refractivity contribution in [3.8, 4) is 0 Å². The largest absolute Gasteiger partial charge is 0.314 e. The van der Waals surface area contributed by atoms with E-state index in [0.29, 0.717) is 19.6 Å². The van der Waals surface area contributed by atoms with Crippen molar-refractivity contribution >= 4 is 10.2 Å². The van der Waals surface area contributed by atoms with E-state index in [9.17, 15) is 8.42 Å². The topological polar surface area (TPSA) is 52.7 Å². The first kappa shape index (κ1) is 14.8. The molecule has 2 atom stereocenters. The third-order valence-electron chi connectivity index (χ3n) is 5.07. The van der Waals surface area contributed by atoms with Gasteiger partial charge in [-0.25, -0.2) is 0 Å². The molecule has 6 heteroatoms. The summed E-state index contributed by atoms with van der Waals surface area (Å²) < 4.78 is 29.3. The van der Waals surface area contributed by atoms with Crippen LogP contribution in [0.5, 0.6) is 0 Å². The van der Waals surface area contributed by atoms with Gasteiger partial charge in [-0.15, -0.1) is 0 Å². The van der Waals surface area contributed by atoms with Gasteiger partial charge in [-0.2, -0.15) is 17.0 Å². The monoisotopic (exact) mass is 301 g/mol. The first-order valence-electron chi connectivity index (χ1n) is 7.70. The van der Waals surface area contributed by atoms with Crippen molar-refractivity contribution < 1.29 is 8.42 Å². The van der Waals surface area contributed by atoms with E-state index >= 15 is 0 Å². The smallest absolute Gasteiger partial charge is 0.282 e. The highest BCUT2D eigenvalue weighted by atomic mass is 32.2. The fourth-order valence-electron chi connectivity index (χ4n) is 4.70. The van der Waals surface area contributed by atoms with E-state index in [4.69, 9.17) is 0 Å². The van der Waals surface area contributed by atoms with Gasteiger partial charge in [0.2, 0.25) is 0 Å². The van der Waals surface area contributed by atoms with Gasteiger partial charge in [0.05, 0.1) is 0 Å². The average molecular weight is 301 g/mol. The van der Waals surface area contributed by atoms with Gasteiger partial charge in [-0.3, -0.25) is 0 Å². The van der Waals surface area contributed by atoms with Crippen LogP contribution in [0.3, 0.4) is 0 Å². The van der Waals surface area contributed by atoms with E-state index < -0.39 is 10.2 Å². The summed E-state index contributed by atoms with van der Waals surface area (Å²) in [6, 6.07) is 0.198. The highest BCUT2D eigenvalue weighted by molar-refractivity contribution is 7.86. The molecule has 2 saturated heterocycles. The molecule has 2 unspecified atom stereocenters. The predicted octanol–water partition coefficient (Wildman–Crippen LogP) is 1.04. The Bertz CT molecular complexity index is 485. The van der Waals surface area contributed by atoms with Crippen LogP contribution >= 0.6 is 0 Å². The number of hydrogen-bond acceptors (Lipinski definition) is 3. The Morgan fingerprint density at radius 1 is 1.10 bits per heavy atom. The molecule has 3 aliphatic rings. The molecule has 2 bridgehead atoms. The van der Waals surface area contributed by atoms with Gasteiger partial charge in [-0.05, 0) is 30.1 Å². The summed E-state index contributed by atoms with van der Waals surface area (Å²) in [5, 5.41) is 3.22. The van der Waals surface area contributed by atoms with Gasteiger partial charge >= 0.3 is 0 Å². The summed E-state index contributed by atoms with van der Waals surface area (Å²) in [6.45, 7) is 10.2. The highest BCUT2D eigenvalue weighted by Crippen LogP contribution is 2.53. The summed E-state index contributed by atoms with van der Waals surface area (Å²) in [4.78, 5) is 0. The van der Waals surface area contributed by atoms with Crippen molar-refractivity contribution in [1.29, 1.82) is 0 Å². The summed E-state index contributed by atoms with van der Waals surface area (Å²) >= 11 is 0. The maximum atomic E-state index is 12.9. The second-order valence-electron chi connectivity index (χ2n) is 7.92. The SMILES string of the molecule is CC1(C)CC2CC(C)(CN2S(=O)(=O)N2CCNCC2)C1. The van der Waals surface area contributed by atoms with Gasteiger partial charge < -0.3 is 5.32 Å². The lowest BCUT2D eigenvalue weighted by Crippen LogP contribution is -2.53. The van der Waals surface area contributed by atoms with Gasteiger partial charge in [0, 0.05) is 38.8 Å². The van der Waals surface area contributed by atoms with Crippen molar-refractivity contribution in [1.82, 2.24) is 13.9 Å². The Hall–Kier alpha value is -0.170. The fraction of sp³-hybridized carbons (Fsp3) is 1.00. The van der Waals surface area contributed by atoms with Gasteiger partial charge in [0.1, 0.15) is 0 Å². The molecule has 1 N–H and O–H groups in total. The number of nitrogens with one attached hydrogen (secondary N) is 1. The van der Waals surface area contributed by atoms with Crippen molar-refractivity contribution in [3.05, 3.63) is 0 Å². The van der Waals surface area contributed by atoms with Crippen LogP contribution in [0.15, 0.2) is 0 Å². The van der Waals surface area contributed by atoms with Crippen LogP contribution < -0.4 is 5.32 Å². The molecule has 0 spiro atoms.